The van der Waals surface area contributed by atoms with E-state index in [1.165, 1.54) is 5.00 Å². The highest BCUT2D eigenvalue weighted by Gasteiger charge is 2.07. The third kappa shape index (κ3) is 2.88. The van der Waals surface area contributed by atoms with E-state index in [1.54, 1.807) is 17.4 Å². The lowest BCUT2D eigenvalue weighted by Crippen LogP contribution is -2.05. The molecule has 0 unspecified atom stereocenters. The van der Waals surface area contributed by atoms with Crippen LogP contribution in [0, 0.1) is 22.7 Å². The molecular weight excluding hydrogens is 266 g/mol. The van der Waals surface area contributed by atoms with Crippen LogP contribution in [0.5, 0.6) is 0 Å². The number of rotatable bonds is 2. The number of hydrogen-bond donors (Lipinski definition) is 0. The van der Waals surface area contributed by atoms with E-state index in [2.05, 4.69) is 17.0 Å². The first-order chi connectivity index (χ1) is 9.65. The SMILES string of the molecule is CN(C)c1ccc(C2=CC=CC(=C(C#N)C#N)C=C2)s1. The predicted molar refractivity (Wildman–Crippen MR) is 83.2 cm³/mol. The quantitative estimate of drug-likeness (QED) is 0.776. The van der Waals surface area contributed by atoms with Crippen LogP contribution in [0.3, 0.4) is 0 Å². The van der Waals surface area contributed by atoms with Crippen LogP contribution in [0.2, 0.25) is 0 Å². The van der Waals surface area contributed by atoms with Gasteiger partial charge in [-0.25, -0.2) is 0 Å². The van der Waals surface area contributed by atoms with Crippen molar-refractivity contribution in [3.8, 4) is 12.1 Å². The van der Waals surface area contributed by atoms with Gasteiger partial charge in [0, 0.05) is 24.5 Å². The number of hydrogen-bond acceptors (Lipinski definition) is 4. The van der Waals surface area contributed by atoms with Crippen LogP contribution in [-0.2, 0) is 0 Å². The summed E-state index contributed by atoms with van der Waals surface area (Å²) in [5.41, 5.74) is 1.85. The Kier molecular flexibility index (Phi) is 4.20. The highest BCUT2D eigenvalue weighted by atomic mass is 32.1. The van der Waals surface area contributed by atoms with Crippen LogP contribution >= 0.6 is 11.3 Å². The molecule has 1 aromatic heterocycles. The summed E-state index contributed by atoms with van der Waals surface area (Å²) < 4.78 is 0. The Bertz CT molecular complexity index is 700. The number of thiophene rings is 1. The second-order valence-electron chi connectivity index (χ2n) is 4.40. The van der Waals surface area contributed by atoms with Gasteiger partial charge < -0.3 is 4.90 Å². The number of anilines is 1. The third-order valence-electron chi connectivity index (χ3n) is 2.82. The van der Waals surface area contributed by atoms with Crippen LogP contribution in [0.1, 0.15) is 4.88 Å². The van der Waals surface area contributed by atoms with Crippen LogP contribution < -0.4 is 4.90 Å². The van der Waals surface area contributed by atoms with Gasteiger partial charge in [-0.05, 0) is 17.7 Å². The van der Waals surface area contributed by atoms with E-state index >= 15 is 0 Å². The Hall–Kier alpha value is -2.56. The minimum atomic E-state index is 0.132. The monoisotopic (exact) mass is 279 g/mol. The Morgan fingerprint density at radius 1 is 1.10 bits per heavy atom. The normalized spacial score (nSPS) is 13.2. The molecule has 0 radical (unpaired) electrons. The summed E-state index contributed by atoms with van der Waals surface area (Å²) in [5.74, 6) is 0. The summed E-state index contributed by atoms with van der Waals surface area (Å²) in [6.45, 7) is 0. The molecule has 1 aliphatic rings. The molecule has 3 nitrogen and oxygen atoms in total. The Labute approximate surface area is 122 Å². The van der Waals surface area contributed by atoms with E-state index in [0.717, 1.165) is 10.5 Å². The van der Waals surface area contributed by atoms with E-state index in [4.69, 9.17) is 10.5 Å². The smallest absolute Gasteiger partial charge is 0.136 e. The van der Waals surface area contributed by atoms with Crippen molar-refractivity contribution in [3.05, 3.63) is 58.5 Å². The number of nitrogens with zero attached hydrogens (tertiary/aromatic N) is 3. The van der Waals surface area contributed by atoms with E-state index in [0.29, 0.717) is 5.57 Å². The van der Waals surface area contributed by atoms with E-state index in [1.807, 2.05) is 50.5 Å². The molecule has 1 heterocycles. The lowest BCUT2D eigenvalue weighted by molar-refractivity contribution is 1.16. The van der Waals surface area contributed by atoms with Crippen LogP contribution in [0.4, 0.5) is 5.00 Å². The fraction of sp³-hybridized carbons (Fsp3) is 0.125. The summed E-state index contributed by atoms with van der Waals surface area (Å²) in [7, 11) is 4.03. The second kappa shape index (κ2) is 6.06. The van der Waals surface area contributed by atoms with Crippen LogP contribution in [-0.4, -0.2) is 14.1 Å². The van der Waals surface area contributed by atoms with Gasteiger partial charge in [0.25, 0.3) is 0 Å². The molecule has 4 heteroatoms. The summed E-state index contributed by atoms with van der Waals surface area (Å²) in [4.78, 5) is 3.23. The molecule has 98 valence electrons. The number of nitriles is 2. The molecular formula is C16H13N3S. The van der Waals surface area contributed by atoms with Crippen molar-refractivity contribution < 1.29 is 0 Å². The van der Waals surface area contributed by atoms with Gasteiger partial charge in [0.2, 0.25) is 0 Å². The maximum Gasteiger partial charge on any atom is 0.136 e. The van der Waals surface area contributed by atoms with Crippen LogP contribution in [0.25, 0.3) is 5.57 Å². The van der Waals surface area contributed by atoms with Crippen molar-refractivity contribution in [2.24, 2.45) is 0 Å². The molecule has 1 aliphatic carbocycles. The van der Waals surface area contributed by atoms with E-state index < -0.39 is 0 Å². The van der Waals surface area contributed by atoms with Gasteiger partial charge >= 0.3 is 0 Å². The first-order valence-corrected chi connectivity index (χ1v) is 6.86. The maximum absolute atomic E-state index is 8.90. The average Bonchev–Trinajstić information content (AvgIpc) is 2.81. The second-order valence-corrected chi connectivity index (χ2v) is 5.46. The molecule has 0 atom stereocenters. The first kappa shape index (κ1) is 13.9. The lowest BCUT2D eigenvalue weighted by atomic mass is 10.1. The summed E-state index contributed by atoms with van der Waals surface area (Å²) in [6.07, 6.45) is 9.39. The summed E-state index contributed by atoms with van der Waals surface area (Å²) in [6, 6.07) is 7.98. The highest BCUT2D eigenvalue weighted by Crippen LogP contribution is 2.31. The van der Waals surface area contributed by atoms with Crippen molar-refractivity contribution in [1.82, 2.24) is 0 Å². The first-order valence-electron chi connectivity index (χ1n) is 6.04. The Morgan fingerprint density at radius 3 is 2.45 bits per heavy atom. The fourth-order valence-electron chi connectivity index (χ4n) is 1.75. The maximum atomic E-state index is 8.90. The minimum absolute atomic E-state index is 0.132. The molecule has 0 N–H and O–H groups in total. The molecule has 0 saturated carbocycles. The largest absolute Gasteiger partial charge is 0.370 e. The van der Waals surface area contributed by atoms with Gasteiger partial charge in [-0.1, -0.05) is 30.4 Å². The third-order valence-corrected chi connectivity index (χ3v) is 4.13. The fourth-order valence-corrected chi connectivity index (χ4v) is 2.69. The van der Waals surface area contributed by atoms with Gasteiger partial charge in [0.1, 0.15) is 17.7 Å². The lowest BCUT2D eigenvalue weighted by Gasteiger charge is -2.07. The average molecular weight is 279 g/mol. The van der Waals surface area contributed by atoms with Crippen molar-refractivity contribution in [2.75, 3.05) is 19.0 Å². The minimum Gasteiger partial charge on any atom is -0.370 e. The molecule has 0 fully saturated rings. The van der Waals surface area contributed by atoms with Gasteiger partial charge in [-0.15, -0.1) is 11.3 Å². The van der Waals surface area contributed by atoms with E-state index in [-0.39, 0.29) is 5.57 Å². The van der Waals surface area contributed by atoms with Gasteiger partial charge in [0.15, 0.2) is 0 Å². The Morgan fingerprint density at radius 2 is 1.85 bits per heavy atom. The molecule has 0 spiro atoms. The molecule has 0 bridgehead atoms. The van der Waals surface area contributed by atoms with E-state index in [9.17, 15) is 0 Å². The molecule has 0 saturated heterocycles. The zero-order valence-electron chi connectivity index (χ0n) is 11.3. The van der Waals surface area contributed by atoms with Gasteiger partial charge in [-0.3, -0.25) is 0 Å². The molecule has 20 heavy (non-hydrogen) atoms. The summed E-state index contributed by atoms with van der Waals surface area (Å²) in [5, 5.41) is 19.0. The van der Waals surface area contributed by atoms with Crippen molar-refractivity contribution in [2.45, 2.75) is 0 Å². The topological polar surface area (TPSA) is 50.8 Å². The molecule has 0 aliphatic heterocycles. The van der Waals surface area contributed by atoms with Crippen molar-refractivity contribution in [3.63, 3.8) is 0 Å². The Balaban J connectivity index is 2.34. The molecule has 0 aromatic carbocycles. The molecule has 0 amide bonds. The van der Waals surface area contributed by atoms with Crippen molar-refractivity contribution >= 4 is 21.9 Å². The standard InChI is InChI=1S/C16H13N3S/c1-19(2)16-9-8-15(20-16)13-5-3-4-12(6-7-13)14(10-17)11-18/h3-9H,1-2H3. The van der Waals surface area contributed by atoms with Crippen molar-refractivity contribution in [1.29, 1.82) is 10.5 Å². The summed E-state index contributed by atoms with van der Waals surface area (Å²) >= 11 is 1.70. The zero-order valence-corrected chi connectivity index (χ0v) is 12.1. The zero-order chi connectivity index (χ0) is 14.5. The van der Waals surface area contributed by atoms with Crippen LogP contribution in [0.15, 0.2) is 53.7 Å². The van der Waals surface area contributed by atoms with Gasteiger partial charge in [0.05, 0.1) is 5.00 Å². The molecule has 2 rings (SSSR count). The number of allylic oxidation sites excluding steroid dienone is 8. The predicted octanol–water partition coefficient (Wildman–Crippen LogP) is 3.67. The highest BCUT2D eigenvalue weighted by molar-refractivity contribution is 7.17. The van der Waals surface area contributed by atoms with Gasteiger partial charge in [-0.2, -0.15) is 10.5 Å². The molecule has 1 aromatic rings.